The number of nitrogens with two attached hydrogens (primary N) is 1. The highest BCUT2D eigenvalue weighted by Crippen LogP contribution is 2.34. The third kappa shape index (κ3) is 3.73. The maximum Gasteiger partial charge on any atom is 0.435 e. The van der Waals surface area contributed by atoms with Gasteiger partial charge in [-0.15, -0.1) is 0 Å². The molecule has 2 rings (SSSR count). The molecule has 0 aliphatic carbocycles. The number of primary amides is 1. The number of hydrogen-bond donors (Lipinski definition) is 2. The van der Waals surface area contributed by atoms with Gasteiger partial charge in [-0.25, -0.2) is 9.48 Å². The normalized spacial score (nSPS) is 12.3. The summed E-state index contributed by atoms with van der Waals surface area (Å²) in [5.74, 6) is 0. The fraction of sp³-hybridized carbons (Fsp3) is 0.167. The largest absolute Gasteiger partial charge is 0.435 e. The van der Waals surface area contributed by atoms with Crippen LogP contribution in [0.1, 0.15) is 11.3 Å². The minimum absolute atomic E-state index is 0.202. The summed E-state index contributed by atoms with van der Waals surface area (Å²) in [5.41, 5.74) is 1.90. The van der Waals surface area contributed by atoms with Gasteiger partial charge in [-0.3, -0.25) is 0 Å². The van der Waals surface area contributed by atoms with E-state index in [1.54, 1.807) is 0 Å². The number of hydrogen-bond acceptors (Lipinski definition) is 2. The van der Waals surface area contributed by atoms with Crippen molar-refractivity contribution in [1.29, 1.82) is 0 Å². The van der Waals surface area contributed by atoms with E-state index in [1.807, 2.05) is 5.32 Å². The molecule has 1 heterocycles. The first-order valence-corrected chi connectivity index (χ1v) is 5.89. The number of amides is 2. The standard InChI is InChI=1S/C12H8F6N4O/c13-11(14,15)6-1-2-8(7(5-6)20-10(19)23)22-4-3-9(21-22)12(16,17)18/h1-5H,(H3,19,20,23). The predicted molar refractivity (Wildman–Crippen MR) is 66.8 cm³/mol. The second-order valence-corrected chi connectivity index (χ2v) is 4.36. The average molecular weight is 338 g/mol. The van der Waals surface area contributed by atoms with Gasteiger partial charge in [-0.05, 0) is 24.3 Å². The molecule has 1 aromatic carbocycles. The highest BCUT2D eigenvalue weighted by Gasteiger charge is 2.34. The number of aromatic nitrogens is 2. The Morgan fingerprint density at radius 3 is 2.22 bits per heavy atom. The van der Waals surface area contributed by atoms with Crippen LogP contribution in [0.3, 0.4) is 0 Å². The third-order valence-corrected chi connectivity index (χ3v) is 2.71. The number of nitrogens with one attached hydrogen (secondary N) is 1. The Bertz CT molecular complexity index is 734. The van der Waals surface area contributed by atoms with Crippen molar-refractivity contribution in [2.75, 3.05) is 5.32 Å². The second kappa shape index (κ2) is 5.48. The lowest BCUT2D eigenvalue weighted by atomic mass is 10.1. The molecule has 124 valence electrons. The van der Waals surface area contributed by atoms with Crippen LogP contribution in [0.5, 0.6) is 0 Å². The van der Waals surface area contributed by atoms with Gasteiger partial charge < -0.3 is 11.1 Å². The van der Waals surface area contributed by atoms with Crippen LogP contribution in [0.15, 0.2) is 30.5 Å². The van der Waals surface area contributed by atoms with Crippen molar-refractivity contribution >= 4 is 11.7 Å². The molecule has 0 saturated carbocycles. The molecule has 0 atom stereocenters. The van der Waals surface area contributed by atoms with Gasteiger partial charge in [0.05, 0.1) is 16.9 Å². The monoisotopic (exact) mass is 338 g/mol. The quantitative estimate of drug-likeness (QED) is 0.824. The first-order valence-electron chi connectivity index (χ1n) is 5.89. The van der Waals surface area contributed by atoms with E-state index in [-0.39, 0.29) is 5.69 Å². The minimum atomic E-state index is -4.71. The van der Waals surface area contributed by atoms with Crippen molar-refractivity contribution in [2.24, 2.45) is 5.73 Å². The zero-order valence-electron chi connectivity index (χ0n) is 11.0. The van der Waals surface area contributed by atoms with Crippen LogP contribution in [0.2, 0.25) is 0 Å². The number of anilines is 1. The SMILES string of the molecule is NC(=O)Nc1cc(C(F)(F)F)ccc1-n1ccc(C(F)(F)F)n1. The zero-order valence-corrected chi connectivity index (χ0v) is 11.0. The summed E-state index contributed by atoms with van der Waals surface area (Å²) in [6.45, 7) is 0. The molecule has 23 heavy (non-hydrogen) atoms. The molecule has 0 radical (unpaired) electrons. The highest BCUT2D eigenvalue weighted by molar-refractivity contribution is 5.90. The Morgan fingerprint density at radius 2 is 1.74 bits per heavy atom. The number of alkyl halides is 6. The molecule has 0 aliphatic heterocycles. The first-order chi connectivity index (χ1) is 10.5. The van der Waals surface area contributed by atoms with Gasteiger partial charge in [-0.1, -0.05) is 0 Å². The van der Waals surface area contributed by atoms with Gasteiger partial charge in [0.15, 0.2) is 5.69 Å². The van der Waals surface area contributed by atoms with Crippen LogP contribution in [0.25, 0.3) is 5.69 Å². The van der Waals surface area contributed by atoms with Crippen LogP contribution >= 0.6 is 0 Å². The molecule has 0 saturated heterocycles. The molecule has 11 heteroatoms. The summed E-state index contributed by atoms with van der Waals surface area (Å²) in [7, 11) is 0. The van der Waals surface area contributed by atoms with E-state index in [1.165, 1.54) is 0 Å². The van der Waals surface area contributed by atoms with Gasteiger partial charge in [0.1, 0.15) is 0 Å². The van der Waals surface area contributed by atoms with E-state index in [9.17, 15) is 31.1 Å². The van der Waals surface area contributed by atoms with E-state index in [0.717, 1.165) is 12.3 Å². The number of nitrogens with zero attached hydrogens (tertiary/aromatic N) is 2. The summed E-state index contributed by atoms with van der Waals surface area (Å²) in [5, 5.41) is 5.16. The molecule has 5 nitrogen and oxygen atoms in total. The smallest absolute Gasteiger partial charge is 0.351 e. The fourth-order valence-corrected chi connectivity index (χ4v) is 1.75. The molecule has 0 spiro atoms. The number of carbonyl (C=O) groups excluding carboxylic acids is 1. The van der Waals surface area contributed by atoms with E-state index in [4.69, 9.17) is 5.73 Å². The lowest BCUT2D eigenvalue weighted by molar-refractivity contribution is -0.141. The predicted octanol–water partition coefficient (Wildman–Crippen LogP) is 3.40. The van der Waals surface area contributed by atoms with Crippen molar-refractivity contribution in [2.45, 2.75) is 12.4 Å². The summed E-state index contributed by atoms with van der Waals surface area (Å²) in [6.07, 6.45) is -8.51. The highest BCUT2D eigenvalue weighted by atomic mass is 19.4. The van der Waals surface area contributed by atoms with Crippen molar-refractivity contribution in [1.82, 2.24) is 9.78 Å². The first kappa shape index (κ1) is 16.6. The van der Waals surface area contributed by atoms with Gasteiger partial charge in [0.25, 0.3) is 0 Å². The fourth-order valence-electron chi connectivity index (χ4n) is 1.75. The lowest BCUT2D eigenvalue weighted by Gasteiger charge is -2.13. The van der Waals surface area contributed by atoms with Crippen LogP contribution in [0, 0.1) is 0 Å². The van der Waals surface area contributed by atoms with E-state index < -0.39 is 35.3 Å². The van der Waals surface area contributed by atoms with Crippen molar-refractivity contribution in [3.63, 3.8) is 0 Å². The molecular weight excluding hydrogens is 330 g/mol. The van der Waals surface area contributed by atoms with Gasteiger partial charge in [0, 0.05) is 6.20 Å². The Hall–Kier alpha value is -2.72. The Morgan fingerprint density at radius 1 is 1.09 bits per heavy atom. The number of carbonyl (C=O) groups is 1. The van der Waals surface area contributed by atoms with Gasteiger partial charge in [0.2, 0.25) is 0 Å². The summed E-state index contributed by atoms with van der Waals surface area (Å²) >= 11 is 0. The maximum atomic E-state index is 12.7. The van der Waals surface area contributed by atoms with Gasteiger partial charge >= 0.3 is 18.4 Å². The van der Waals surface area contributed by atoms with Crippen LogP contribution in [0.4, 0.5) is 36.8 Å². The molecule has 0 aliphatic rings. The van der Waals surface area contributed by atoms with E-state index in [0.29, 0.717) is 22.9 Å². The van der Waals surface area contributed by atoms with Crippen molar-refractivity contribution < 1.29 is 31.1 Å². The van der Waals surface area contributed by atoms with Crippen LogP contribution in [-0.2, 0) is 12.4 Å². The summed E-state index contributed by atoms with van der Waals surface area (Å²) < 4.78 is 76.3. The van der Waals surface area contributed by atoms with Crippen molar-refractivity contribution in [3.05, 3.63) is 41.7 Å². The number of rotatable bonds is 2. The molecule has 0 fully saturated rings. The summed E-state index contributed by atoms with van der Waals surface area (Å²) in [6, 6.07) is 1.55. The summed E-state index contributed by atoms with van der Waals surface area (Å²) in [4.78, 5) is 10.9. The lowest BCUT2D eigenvalue weighted by Crippen LogP contribution is -2.21. The minimum Gasteiger partial charge on any atom is -0.351 e. The second-order valence-electron chi connectivity index (χ2n) is 4.36. The van der Waals surface area contributed by atoms with Crippen LogP contribution in [-0.4, -0.2) is 15.8 Å². The van der Waals surface area contributed by atoms with Crippen LogP contribution < -0.4 is 11.1 Å². The molecule has 2 amide bonds. The Labute approximate surface area is 124 Å². The molecule has 3 N–H and O–H groups in total. The zero-order chi connectivity index (χ0) is 17.4. The Kier molecular flexibility index (Phi) is 3.97. The number of halogens is 6. The molecular formula is C12H8F6N4O. The van der Waals surface area contributed by atoms with E-state index in [2.05, 4.69) is 5.10 Å². The number of urea groups is 1. The topological polar surface area (TPSA) is 72.9 Å². The maximum absolute atomic E-state index is 12.7. The average Bonchev–Trinajstić information content (AvgIpc) is 2.86. The molecule has 1 aromatic heterocycles. The molecule has 0 unspecified atom stereocenters. The third-order valence-electron chi connectivity index (χ3n) is 2.71. The van der Waals surface area contributed by atoms with Crippen molar-refractivity contribution in [3.8, 4) is 5.69 Å². The van der Waals surface area contributed by atoms with E-state index >= 15 is 0 Å². The molecule has 2 aromatic rings. The Balaban J connectivity index is 2.53. The molecule has 0 bridgehead atoms. The van der Waals surface area contributed by atoms with Gasteiger partial charge in [-0.2, -0.15) is 31.4 Å². The number of benzene rings is 1.